The van der Waals surface area contributed by atoms with Gasteiger partial charge in [-0.05, 0) is 41.5 Å². The number of hydrogen-bond donors (Lipinski definition) is 1. The van der Waals surface area contributed by atoms with Crippen molar-refractivity contribution < 1.29 is 8.42 Å². The molecule has 124 valence electrons. The van der Waals surface area contributed by atoms with Gasteiger partial charge in [0.2, 0.25) is 10.0 Å². The highest BCUT2D eigenvalue weighted by atomic mass is 79.9. The van der Waals surface area contributed by atoms with Gasteiger partial charge in [0.15, 0.2) is 0 Å². The van der Waals surface area contributed by atoms with Gasteiger partial charge < -0.3 is 0 Å². The highest BCUT2D eigenvalue weighted by Crippen LogP contribution is 2.15. The molecule has 0 saturated carbocycles. The first-order chi connectivity index (χ1) is 11.5. The summed E-state index contributed by atoms with van der Waals surface area (Å²) in [5.74, 6) is 0. The zero-order chi connectivity index (χ0) is 17.0. The van der Waals surface area contributed by atoms with Gasteiger partial charge in [0.1, 0.15) is 0 Å². The molecule has 24 heavy (non-hydrogen) atoms. The molecule has 1 aromatic heterocycles. The average molecular weight is 406 g/mol. The van der Waals surface area contributed by atoms with Crippen LogP contribution in [0.25, 0.3) is 0 Å². The third-order valence-electron chi connectivity index (χ3n) is 3.52. The molecule has 1 N–H and O–H groups in total. The average Bonchev–Trinajstić information content (AvgIpc) is 3.08. The van der Waals surface area contributed by atoms with Gasteiger partial charge >= 0.3 is 0 Å². The molecule has 3 aromatic rings. The van der Waals surface area contributed by atoms with Gasteiger partial charge in [-0.2, -0.15) is 5.10 Å². The van der Waals surface area contributed by atoms with Crippen molar-refractivity contribution in [1.29, 1.82) is 0 Å². The second kappa shape index (κ2) is 7.29. The summed E-state index contributed by atoms with van der Waals surface area (Å²) in [5, 5.41) is 4.16. The minimum atomic E-state index is -3.51. The maximum Gasteiger partial charge on any atom is 0.240 e. The number of nitrogens with zero attached hydrogens (tertiary/aromatic N) is 2. The first-order valence-electron chi connectivity index (χ1n) is 7.33. The van der Waals surface area contributed by atoms with Gasteiger partial charge in [-0.1, -0.05) is 40.2 Å². The van der Waals surface area contributed by atoms with Crippen LogP contribution in [-0.2, 0) is 23.1 Å². The summed E-state index contributed by atoms with van der Waals surface area (Å²) < 4.78 is 29.8. The summed E-state index contributed by atoms with van der Waals surface area (Å²) >= 11 is 3.29. The third kappa shape index (κ3) is 4.31. The van der Waals surface area contributed by atoms with E-state index in [-0.39, 0.29) is 11.4 Å². The Kier molecular flexibility index (Phi) is 5.13. The Labute approximate surface area is 149 Å². The second-order valence-corrected chi connectivity index (χ2v) is 7.98. The number of hydrogen-bond acceptors (Lipinski definition) is 3. The van der Waals surface area contributed by atoms with Gasteiger partial charge in [0.25, 0.3) is 0 Å². The van der Waals surface area contributed by atoms with Crippen molar-refractivity contribution in [2.45, 2.75) is 18.0 Å². The molecule has 0 aliphatic rings. The SMILES string of the molecule is O=S(=O)(NCc1ccc(Cn2cccn2)cc1)c1ccc(Br)cc1. The Balaban J connectivity index is 1.62. The minimum Gasteiger partial charge on any atom is -0.268 e. The molecule has 5 nitrogen and oxygen atoms in total. The fourth-order valence-corrected chi connectivity index (χ4v) is 3.50. The summed E-state index contributed by atoms with van der Waals surface area (Å²) in [4.78, 5) is 0.251. The van der Waals surface area contributed by atoms with Gasteiger partial charge in [0, 0.05) is 23.4 Å². The predicted molar refractivity (Wildman–Crippen MR) is 95.9 cm³/mol. The fraction of sp³-hybridized carbons (Fsp3) is 0.118. The van der Waals surface area contributed by atoms with E-state index in [4.69, 9.17) is 0 Å². The van der Waals surface area contributed by atoms with Crippen LogP contribution in [0.1, 0.15) is 11.1 Å². The van der Waals surface area contributed by atoms with E-state index >= 15 is 0 Å². The van der Waals surface area contributed by atoms with Crippen LogP contribution in [0.3, 0.4) is 0 Å². The Morgan fingerprint density at radius 1 is 1.00 bits per heavy atom. The van der Waals surface area contributed by atoms with Crippen LogP contribution >= 0.6 is 15.9 Å². The number of sulfonamides is 1. The monoisotopic (exact) mass is 405 g/mol. The van der Waals surface area contributed by atoms with E-state index in [2.05, 4.69) is 25.8 Å². The van der Waals surface area contributed by atoms with Crippen LogP contribution in [-0.4, -0.2) is 18.2 Å². The fourth-order valence-electron chi connectivity index (χ4n) is 2.22. The Morgan fingerprint density at radius 2 is 1.67 bits per heavy atom. The Morgan fingerprint density at radius 3 is 2.29 bits per heavy atom. The standard InChI is InChI=1S/C17H16BrN3O2S/c18-16-6-8-17(9-7-16)24(22,23)20-12-14-2-4-15(5-3-14)13-21-11-1-10-19-21/h1-11,20H,12-13H2. The third-order valence-corrected chi connectivity index (χ3v) is 5.46. The maximum atomic E-state index is 12.3. The zero-order valence-electron chi connectivity index (χ0n) is 12.8. The molecule has 0 aliphatic carbocycles. The number of nitrogens with one attached hydrogen (secondary N) is 1. The topological polar surface area (TPSA) is 64.0 Å². The second-order valence-electron chi connectivity index (χ2n) is 5.30. The Hall–Kier alpha value is -1.96. The van der Waals surface area contributed by atoms with Gasteiger partial charge in [-0.3, -0.25) is 4.68 Å². The summed E-state index contributed by atoms with van der Waals surface area (Å²) in [6.45, 7) is 0.943. The van der Waals surface area contributed by atoms with Crippen molar-refractivity contribution in [2.75, 3.05) is 0 Å². The number of rotatable bonds is 6. The first kappa shape index (κ1) is 16.9. The summed E-state index contributed by atoms with van der Waals surface area (Å²) in [7, 11) is -3.51. The predicted octanol–water partition coefficient (Wildman–Crippen LogP) is 3.17. The molecule has 0 spiro atoms. The highest BCUT2D eigenvalue weighted by Gasteiger charge is 2.13. The molecular weight excluding hydrogens is 390 g/mol. The van der Waals surface area contributed by atoms with Gasteiger partial charge in [-0.15, -0.1) is 0 Å². The van der Waals surface area contributed by atoms with Crippen molar-refractivity contribution >= 4 is 26.0 Å². The van der Waals surface area contributed by atoms with Crippen LogP contribution in [0.4, 0.5) is 0 Å². The van der Waals surface area contributed by atoms with E-state index in [0.717, 1.165) is 15.6 Å². The van der Waals surface area contributed by atoms with Gasteiger partial charge in [0.05, 0.1) is 11.4 Å². The molecule has 0 radical (unpaired) electrons. The van der Waals surface area contributed by atoms with Gasteiger partial charge in [-0.25, -0.2) is 13.1 Å². The Bertz CT molecular complexity index is 890. The van der Waals surface area contributed by atoms with E-state index in [1.807, 2.05) is 41.2 Å². The van der Waals surface area contributed by atoms with E-state index in [1.165, 1.54) is 0 Å². The molecule has 0 bridgehead atoms. The number of halogens is 1. The quantitative estimate of drug-likeness (QED) is 0.684. The largest absolute Gasteiger partial charge is 0.268 e. The lowest BCUT2D eigenvalue weighted by molar-refractivity contribution is 0.581. The molecule has 0 aliphatic heterocycles. The molecule has 3 rings (SSSR count). The van der Waals surface area contributed by atoms with Crippen LogP contribution in [0.15, 0.2) is 76.4 Å². The molecule has 0 atom stereocenters. The van der Waals surface area contributed by atoms with E-state index in [1.54, 1.807) is 30.5 Å². The minimum absolute atomic E-state index is 0.250. The van der Waals surface area contributed by atoms with Crippen molar-refractivity contribution in [1.82, 2.24) is 14.5 Å². The highest BCUT2D eigenvalue weighted by molar-refractivity contribution is 9.10. The lowest BCUT2D eigenvalue weighted by Crippen LogP contribution is -2.23. The smallest absolute Gasteiger partial charge is 0.240 e. The van der Waals surface area contributed by atoms with Crippen molar-refractivity contribution in [3.05, 3.63) is 82.6 Å². The molecule has 0 saturated heterocycles. The van der Waals surface area contributed by atoms with Crippen LogP contribution in [0, 0.1) is 0 Å². The van der Waals surface area contributed by atoms with Crippen LogP contribution in [0.5, 0.6) is 0 Å². The summed E-state index contributed by atoms with van der Waals surface area (Å²) in [5.41, 5.74) is 2.01. The molecule has 0 fully saturated rings. The normalized spacial score (nSPS) is 11.5. The van der Waals surface area contributed by atoms with Crippen molar-refractivity contribution in [3.63, 3.8) is 0 Å². The zero-order valence-corrected chi connectivity index (χ0v) is 15.2. The maximum absolute atomic E-state index is 12.3. The number of aromatic nitrogens is 2. The van der Waals surface area contributed by atoms with E-state index < -0.39 is 10.0 Å². The van der Waals surface area contributed by atoms with Crippen LogP contribution in [0.2, 0.25) is 0 Å². The molecule has 0 unspecified atom stereocenters. The summed E-state index contributed by atoms with van der Waals surface area (Å²) in [6, 6.07) is 16.2. The van der Waals surface area contributed by atoms with Crippen molar-refractivity contribution in [3.8, 4) is 0 Å². The van der Waals surface area contributed by atoms with Crippen LogP contribution < -0.4 is 4.72 Å². The van der Waals surface area contributed by atoms with Crippen molar-refractivity contribution in [2.24, 2.45) is 0 Å². The lowest BCUT2D eigenvalue weighted by atomic mass is 10.1. The van der Waals surface area contributed by atoms with E-state index in [9.17, 15) is 8.42 Å². The number of benzene rings is 2. The lowest BCUT2D eigenvalue weighted by Gasteiger charge is -2.08. The molecule has 0 amide bonds. The molecule has 2 aromatic carbocycles. The summed E-state index contributed by atoms with van der Waals surface area (Å²) in [6.07, 6.45) is 3.64. The molecular formula is C17H16BrN3O2S. The molecule has 7 heteroatoms. The first-order valence-corrected chi connectivity index (χ1v) is 9.61. The van der Waals surface area contributed by atoms with E-state index in [0.29, 0.717) is 6.54 Å². The molecule has 1 heterocycles.